The summed E-state index contributed by atoms with van der Waals surface area (Å²) in [7, 11) is -4.56. The van der Waals surface area contributed by atoms with Crippen LogP contribution in [0.25, 0.3) is 0 Å². The Labute approximate surface area is 267 Å². The Bertz CT molecular complexity index is 1580. The topological polar surface area (TPSA) is 184 Å². The molecule has 1 aliphatic rings. The first kappa shape index (κ1) is 32.3. The molecule has 0 unspecified atom stereocenters. The summed E-state index contributed by atoms with van der Waals surface area (Å²) in [4.78, 5) is 35.1. The molecule has 1 N–H and O–H groups in total. The number of azo groups is 1. The predicted molar refractivity (Wildman–Crippen MR) is 128 cm³/mol. The molecule has 1 heterocycles. The van der Waals surface area contributed by atoms with E-state index in [9.17, 15) is 33.0 Å². The van der Waals surface area contributed by atoms with Crippen LogP contribution >= 0.6 is 0 Å². The number of nitrogens with zero attached hydrogens (tertiary/aromatic N) is 4. The van der Waals surface area contributed by atoms with Gasteiger partial charge in [0, 0.05) is 11.1 Å². The average Bonchev–Trinajstić information content (AvgIpc) is 3.16. The second-order valence-corrected chi connectivity index (χ2v) is 9.40. The molecule has 0 aliphatic carbocycles. The molecular formula is C24H17N5Na2O7S. The molecule has 39 heavy (non-hydrogen) atoms. The van der Waals surface area contributed by atoms with E-state index in [0.29, 0.717) is 11.4 Å². The number of hydrogen-bond acceptors (Lipinski definition) is 10. The van der Waals surface area contributed by atoms with E-state index in [1.807, 2.05) is 4.72 Å². The van der Waals surface area contributed by atoms with E-state index < -0.39 is 49.9 Å². The standard InChI is InChI=1S/C24H19N5O7S.2Na/c1-14-21(22(30)29(27-14)16-7-3-2-4-8-16)26-25-15-11-12-20(18(13-15)24(33)34)37(35,36)28-19-10-6-5-9-17(19)23(31)32;;/h2-13,21,28H,1H3,(H,31,32)(H,33,34);;/q;2*+1/p-2/t21-;;/m0../s1. The van der Waals surface area contributed by atoms with Gasteiger partial charge in [0.2, 0.25) is 0 Å². The van der Waals surface area contributed by atoms with Gasteiger partial charge in [0.15, 0.2) is 6.04 Å². The second kappa shape index (κ2) is 13.4. The van der Waals surface area contributed by atoms with Crippen molar-refractivity contribution in [1.82, 2.24) is 0 Å². The van der Waals surface area contributed by atoms with Crippen LogP contribution < -0.4 is 79.1 Å². The van der Waals surface area contributed by atoms with Crippen molar-refractivity contribution in [3.05, 3.63) is 83.9 Å². The molecule has 1 aliphatic heterocycles. The van der Waals surface area contributed by atoms with Gasteiger partial charge in [0.1, 0.15) is 0 Å². The van der Waals surface area contributed by atoms with Gasteiger partial charge in [-0.05, 0) is 43.3 Å². The fraction of sp³-hybridized carbons (Fsp3) is 0.0833. The molecule has 0 radical (unpaired) electrons. The second-order valence-electron chi connectivity index (χ2n) is 7.75. The fourth-order valence-electron chi connectivity index (χ4n) is 3.49. The Balaban J connectivity index is 0.00000267. The number of carbonyl (C=O) groups is 3. The van der Waals surface area contributed by atoms with E-state index in [-0.39, 0.29) is 70.5 Å². The van der Waals surface area contributed by atoms with Crippen molar-refractivity contribution in [3.63, 3.8) is 0 Å². The number of anilines is 2. The van der Waals surface area contributed by atoms with Crippen LogP contribution in [0.2, 0.25) is 0 Å². The van der Waals surface area contributed by atoms with Crippen molar-refractivity contribution in [2.75, 3.05) is 9.73 Å². The molecule has 0 bridgehead atoms. The minimum atomic E-state index is -4.56. The quantitative estimate of drug-likeness (QED) is 0.210. The van der Waals surface area contributed by atoms with E-state index >= 15 is 0 Å². The van der Waals surface area contributed by atoms with E-state index in [2.05, 4.69) is 15.3 Å². The van der Waals surface area contributed by atoms with Crippen molar-refractivity contribution in [2.24, 2.45) is 15.3 Å². The van der Waals surface area contributed by atoms with Crippen molar-refractivity contribution < 1.29 is 92.1 Å². The number of amides is 1. The Morgan fingerprint density at radius 2 is 1.54 bits per heavy atom. The van der Waals surface area contributed by atoms with E-state index in [4.69, 9.17) is 0 Å². The van der Waals surface area contributed by atoms with Gasteiger partial charge in [-0.15, -0.1) is 0 Å². The van der Waals surface area contributed by atoms with Crippen LogP contribution in [0.5, 0.6) is 0 Å². The fourth-order valence-corrected chi connectivity index (χ4v) is 4.75. The molecule has 0 spiro atoms. The van der Waals surface area contributed by atoms with Crippen LogP contribution in [-0.4, -0.2) is 38.0 Å². The minimum absolute atomic E-state index is 0. The maximum absolute atomic E-state index is 12.9. The maximum Gasteiger partial charge on any atom is 1.00 e. The number of rotatable bonds is 8. The largest absolute Gasteiger partial charge is 1.00 e. The molecule has 1 atom stereocenters. The molecule has 0 saturated heterocycles. The molecule has 3 aromatic rings. The minimum Gasteiger partial charge on any atom is -0.545 e. The van der Waals surface area contributed by atoms with Gasteiger partial charge in [0.05, 0.1) is 39.6 Å². The normalized spacial score (nSPS) is 14.8. The summed E-state index contributed by atoms with van der Waals surface area (Å²) < 4.78 is 27.9. The summed E-state index contributed by atoms with van der Waals surface area (Å²) in [6.45, 7) is 1.59. The molecule has 4 rings (SSSR count). The molecule has 188 valence electrons. The Morgan fingerprint density at radius 1 is 0.923 bits per heavy atom. The van der Waals surface area contributed by atoms with Crippen LogP contribution in [0, 0.1) is 0 Å². The first-order valence-corrected chi connectivity index (χ1v) is 12.1. The summed E-state index contributed by atoms with van der Waals surface area (Å²) in [5.74, 6) is -3.92. The average molecular weight is 565 g/mol. The zero-order valence-electron chi connectivity index (χ0n) is 21.1. The van der Waals surface area contributed by atoms with E-state index in [1.165, 1.54) is 29.3 Å². The Morgan fingerprint density at radius 3 is 2.18 bits per heavy atom. The third-order valence-corrected chi connectivity index (χ3v) is 6.67. The van der Waals surface area contributed by atoms with Crippen LogP contribution in [0.3, 0.4) is 0 Å². The molecule has 0 saturated carbocycles. The third-order valence-electron chi connectivity index (χ3n) is 5.25. The zero-order chi connectivity index (χ0) is 26.7. The smallest absolute Gasteiger partial charge is 0.545 e. The zero-order valence-corrected chi connectivity index (χ0v) is 25.9. The van der Waals surface area contributed by atoms with Crippen molar-refractivity contribution in [3.8, 4) is 0 Å². The van der Waals surface area contributed by atoms with Gasteiger partial charge in [-0.1, -0.05) is 36.4 Å². The number of carbonyl (C=O) groups excluding carboxylic acids is 3. The molecule has 0 aromatic heterocycles. The molecule has 1 amide bonds. The van der Waals surface area contributed by atoms with Gasteiger partial charge in [-0.2, -0.15) is 20.3 Å². The molecule has 3 aromatic carbocycles. The van der Waals surface area contributed by atoms with Gasteiger partial charge >= 0.3 is 59.1 Å². The number of carboxylic acid groups (broad SMARTS) is 2. The number of sulfonamides is 1. The number of para-hydroxylation sites is 2. The number of nitrogens with one attached hydrogen (secondary N) is 1. The first-order valence-electron chi connectivity index (χ1n) is 10.6. The Hall–Kier alpha value is -2.91. The number of hydrogen-bond donors (Lipinski definition) is 1. The third kappa shape index (κ3) is 7.19. The number of hydrazone groups is 1. The summed E-state index contributed by atoms with van der Waals surface area (Å²) in [5.41, 5.74) is -0.669. The van der Waals surface area contributed by atoms with Crippen molar-refractivity contribution in [2.45, 2.75) is 17.9 Å². The van der Waals surface area contributed by atoms with E-state index in [1.54, 1.807) is 37.3 Å². The van der Waals surface area contributed by atoms with Crippen molar-refractivity contribution >= 4 is 50.6 Å². The van der Waals surface area contributed by atoms with Crippen LogP contribution in [-0.2, 0) is 14.8 Å². The number of carboxylic acids is 2. The SMILES string of the molecule is CC1=NN(c2ccccc2)C(=O)[C@H]1N=Nc1ccc(S(=O)(=O)Nc2ccccc2C(=O)[O-])c(C(=O)[O-])c1.[Na+].[Na+]. The number of benzene rings is 3. The van der Waals surface area contributed by atoms with Gasteiger partial charge in [0.25, 0.3) is 15.9 Å². The first-order chi connectivity index (χ1) is 17.6. The Kier molecular flexibility index (Phi) is 11.1. The summed E-state index contributed by atoms with van der Waals surface area (Å²) in [6.07, 6.45) is 0. The van der Waals surface area contributed by atoms with E-state index in [0.717, 1.165) is 18.2 Å². The summed E-state index contributed by atoms with van der Waals surface area (Å²) in [5, 5.41) is 36.3. The van der Waals surface area contributed by atoms with Gasteiger partial charge < -0.3 is 19.8 Å². The molecular weight excluding hydrogens is 548 g/mol. The molecule has 12 nitrogen and oxygen atoms in total. The summed E-state index contributed by atoms with van der Waals surface area (Å²) >= 11 is 0. The monoisotopic (exact) mass is 565 g/mol. The summed E-state index contributed by atoms with van der Waals surface area (Å²) in [6, 6.07) is 15.7. The number of aromatic carboxylic acids is 2. The van der Waals surface area contributed by atoms with Crippen LogP contribution in [0.1, 0.15) is 27.6 Å². The maximum atomic E-state index is 12.9. The van der Waals surface area contributed by atoms with Crippen LogP contribution in [0.15, 0.2) is 93.0 Å². The van der Waals surface area contributed by atoms with Gasteiger partial charge in [-0.3, -0.25) is 9.52 Å². The van der Waals surface area contributed by atoms with Crippen LogP contribution in [0.4, 0.5) is 17.1 Å². The van der Waals surface area contributed by atoms with Gasteiger partial charge in [-0.25, -0.2) is 8.42 Å². The molecule has 15 heteroatoms. The molecule has 0 fully saturated rings. The van der Waals surface area contributed by atoms with Crippen molar-refractivity contribution in [1.29, 1.82) is 0 Å². The predicted octanol–water partition coefficient (Wildman–Crippen LogP) is -4.90.